The highest BCUT2D eigenvalue weighted by atomic mass is 79.9. The van der Waals surface area contributed by atoms with E-state index in [9.17, 15) is 14.0 Å². The molecule has 0 heterocycles. The lowest BCUT2D eigenvalue weighted by atomic mass is 10.2. The van der Waals surface area contributed by atoms with Gasteiger partial charge in [0.15, 0.2) is 12.7 Å². The van der Waals surface area contributed by atoms with Crippen LogP contribution in [0.25, 0.3) is 0 Å². The van der Waals surface area contributed by atoms with Crippen molar-refractivity contribution in [1.82, 2.24) is 0 Å². The van der Waals surface area contributed by atoms with Crippen LogP contribution >= 0.6 is 15.9 Å². The Morgan fingerprint density at radius 2 is 1.88 bits per heavy atom. The van der Waals surface area contributed by atoms with E-state index in [2.05, 4.69) is 21.2 Å². The first kappa shape index (κ1) is 18.9. The summed E-state index contributed by atoms with van der Waals surface area (Å²) in [5, 5.41) is 2.53. The average molecular weight is 410 g/mol. The van der Waals surface area contributed by atoms with Crippen LogP contribution in [0.5, 0.6) is 5.75 Å². The number of aryl methyl sites for hydroxylation is 1. The van der Waals surface area contributed by atoms with Gasteiger partial charge < -0.3 is 14.8 Å². The van der Waals surface area contributed by atoms with Crippen LogP contribution in [0.1, 0.15) is 12.5 Å². The summed E-state index contributed by atoms with van der Waals surface area (Å²) >= 11 is 3.35. The number of ether oxygens (including phenoxy) is 2. The molecule has 2 aromatic rings. The Kier molecular flexibility index (Phi) is 6.52. The molecule has 1 atom stereocenters. The fraction of sp³-hybridized carbons (Fsp3) is 0.222. The first-order chi connectivity index (χ1) is 11.8. The van der Waals surface area contributed by atoms with E-state index in [1.807, 2.05) is 19.1 Å². The van der Waals surface area contributed by atoms with Crippen LogP contribution < -0.4 is 10.1 Å². The lowest BCUT2D eigenvalue weighted by Crippen LogP contribution is -2.31. The minimum atomic E-state index is -1.01. The second kappa shape index (κ2) is 8.62. The van der Waals surface area contributed by atoms with Crippen molar-refractivity contribution < 1.29 is 23.5 Å². The molecule has 0 fully saturated rings. The summed E-state index contributed by atoms with van der Waals surface area (Å²) in [6, 6.07) is 10.7. The third-order valence-corrected chi connectivity index (χ3v) is 3.84. The highest BCUT2D eigenvalue weighted by Gasteiger charge is 2.18. The summed E-state index contributed by atoms with van der Waals surface area (Å²) in [6.45, 7) is 3.05. The van der Waals surface area contributed by atoms with Crippen LogP contribution in [0, 0.1) is 12.7 Å². The third-order valence-electron chi connectivity index (χ3n) is 3.22. The van der Waals surface area contributed by atoms with E-state index in [4.69, 9.17) is 9.47 Å². The number of amides is 1. The maximum Gasteiger partial charge on any atom is 0.344 e. The van der Waals surface area contributed by atoms with Gasteiger partial charge >= 0.3 is 5.97 Å². The molecule has 0 radical (unpaired) electrons. The van der Waals surface area contributed by atoms with E-state index in [0.717, 1.165) is 10.0 Å². The molecule has 1 N–H and O–H groups in total. The van der Waals surface area contributed by atoms with Crippen molar-refractivity contribution in [3.05, 3.63) is 58.3 Å². The van der Waals surface area contributed by atoms with Crippen LogP contribution in [0.4, 0.5) is 10.1 Å². The van der Waals surface area contributed by atoms with E-state index >= 15 is 0 Å². The number of nitrogens with one attached hydrogen (secondary N) is 1. The van der Waals surface area contributed by atoms with Crippen LogP contribution in [0.3, 0.4) is 0 Å². The predicted molar refractivity (Wildman–Crippen MR) is 95.0 cm³/mol. The molecule has 0 saturated carbocycles. The Labute approximate surface area is 153 Å². The largest absolute Gasteiger partial charge is 0.481 e. The zero-order chi connectivity index (χ0) is 18.4. The summed E-state index contributed by atoms with van der Waals surface area (Å²) < 4.78 is 24.0. The normalized spacial score (nSPS) is 11.5. The average Bonchev–Trinajstić information content (AvgIpc) is 2.56. The van der Waals surface area contributed by atoms with Gasteiger partial charge in [-0.3, -0.25) is 4.79 Å². The Bertz CT molecular complexity index is 764. The van der Waals surface area contributed by atoms with Crippen molar-refractivity contribution >= 4 is 33.5 Å². The van der Waals surface area contributed by atoms with Gasteiger partial charge in [-0.25, -0.2) is 9.18 Å². The molecule has 2 aromatic carbocycles. The minimum Gasteiger partial charge on any atom is -0.481 e. The van der Waals surface area contributed by atoms with Crippen LogP contribution in [-0.4, -0.2) is 24.6 Å². The van der Waals surface area contributed by atoms with Crippen LogP contribution in [0.2, 0.25) is 0 Å². The zero-order valence-corrected chi connectivity index (χ0v) is 15.3. The highest BCUT2D eigenvalue weighted by Crippen LogP contribution is 2.25. The molecular formula is C18H17BrFNO4. The molecule has 1 amide bonds. The van der Waals surface area contributed by atoms with E-state index in [1.165, 1.54) is 31.2 Å². The second-order valence-electron chi connectivity index (χ2n) is 5.35. The van der Waals surface area contributed by atoms with Crippen LogP contribution in [0.15, 0.2) is 46.9 Å². The molecule has 7 heteroatoms. The minimum absolute atomic E-state index is 0.324. The molecule has 2 rings (SSSR count). The summed E-state index contributed by atoms with van der Waals surface area (Å²) in [6.07, 6.45) is -1.01. The van der Waals surface area contributed by atoms with Gasteiger partial charge in [0, 0.05) is 5.69 Å². The molecule has 25 heavy (non-hydrogen) atoms. The maximum absolute atomic E-state index is 12.8. The van der Waals surface area contributed by atoms with E-state index < -0.39 is 23.8 Å². The smallest absolute Gasteiger partial charge is 0.344 e. The van der Waals surface area contributed by atoms with Gasteiger partial charge in [-0.1, -0.05) is 6.07 Å². The van der Waals surface area contributed by atoms with Gasteiger partial charge in [-0.2, -0.15) is 0 Å². The maximum atomic E-state index is 12.8. The summed E-state index contributed by atoms with van der Waals surface area (Å²) in [5.41, 5.74) is 1.46. The Balaban J connectivity index is 1.82. The van der Waals surface area contributed by atoms with Gasteiger partial charge in [0.2, 0.25) is 0 Å². The number of esters is 1. The van der Waals surface area contributed by atoms with Gasteiger partial charge in [-0.05, 0) is 71.7 Å². The number of halogens is 2. The van der Waals surface area contributed by atoms with Crippen molar-refractivity contribution in [2.75, 3.05) is 11.9 Å². The van der Waals surface area contributed by atoms with Crippen molar-refractivity contribution in [2.24, 2.45) is 0 Å². The zero-order valence-electron chi connectivity index (χ0n) is 13.7. The summed E-state index contributed by atoms with van der Waals surface area (Å²) in [4.78, 5) is 23.8. The van der Waals surface area contributed by atoms with Gasteiger partial charge in [0.25, 0.3) is 5.91 Å². The SMILES string of the molecule is Cc1ccc(OCC(=O)O[C@H](C)C(=O)Nc2ccc(F)cc2)c(Br)c1. The second-order valence-corrected chi connectivity index (χ2v) is 6.21. The van der Waals surface area contributed by atoms with Crippen LogP contribution in [-0.2, 0) is 14.3 Å². The molecule has 0 aliphatic heterocycles. The lowest BCUT2D eigenvalue weighted by Gasteiger charge is -2.14. The van der Waals surface area contributed by atoms with Crippen molar-refractivity contribution in [1.29, 1.82) is 0 Å². The monoisotopic (exact) mass is 409 g/mol. The summed E-state index contributed by atoms with van der Waals surface area (Å²) in [5.74, 6) is -1.09. The number of hydrogen-bond donors (Lipinski definition) is 1. The number of carbonyl (C=O) groups excluding carboxylic acids is 2. The standard InChI is InChI=1S/C18H17BrFNO4/c1-11-3-8-16(15(19)9-11)24-10-17(22)25-12(2)18(23)21-14-6-4-13(20)5-7-14/h3-9,12H,10H2,1-2H3,(H,21,23)/t12-/m1/s1. The van der Waals surface area contributed by atoms with Crippen molar-refractivity contribution in [2.45, 2.75) is 20.0 Å². The number of rotatable bonds is 6. The Morgan fingerprint density at radius 3 is 2.52 bits per heavy atom. The topological polar surface area (TPSA) is 64.6 Å². The molecule has 0 aromatic heterocycles. The fourth-order valence-corrected chi connectivity index (χ4v) is 2.53. The quantitative estimate of drug-likeness (QED) is 0.735. The van der Waals surface area contributed by atoms with Crippen molar-refractivity contribution in [3.8, 4) is 5.75 Å². The number of carbonyl (C=O) groups is 2. The lowest BCUT2D eigenvalue weighted by molar-refractivity contribution is -0.155. The first-order valence-electron chi connectivity index (χ1n) is 7.50. The molecule has 132 valence electrons. The summed E-state index contributed by atoms with van der Waals surface area (Å²) in [7, 11) is 0. The Hall–Kier alpha value is -2.41. The van der Waals surface area contributed by atoms with Crippen molar-refractivity contribution in [3.63, 3.8) is 0 Å². The Morgan fingerprint density at radius 1 is 1.20 bits per heavy atom. The first-order valence-corrected chi connectivity index (χ1v) is 8.29. The molecule has 0 saturated heterocycles. The van der Waals surface area contributed by atoms with Gasteiger partial charge in [0.05, 0.1) is 4.47 Å². The molecular weight excluding hydrogens is 393 g/mol. The van der Waals surface area contributed by atoms with E-state index in [-0.39, 0.29) is 6.61 Å². The number of hydrogen-bond acceptors (Lipinski definition) is 4. The van der Waals surface area contributed by atoms with E-state index in [1.54, 1.807) is 6.07 Å². The fourth-order valence-electron chi connectivity index (χ4n) is 1.92. The number of benzene rings is 2. The third kappa shape index (κ3) is 5.86. The predicted octanol–water partition coefficient (Wildman–Crippen LogP) is 3.85. The molecule has 0 aliphatic rings. The van der Waals surface area contributed by atoms with E-state index in [0.29, 0.717) is 11.4 Å². The van der Waals surface area contributed by atoms with Gasteiger partial charge in [0.1, 0.15) is 11.6 Å². The molecule has 0 unspecified atom stereocenters. The molecule has 5 nitrogen and oxygen atoms in total. The molecule has 0 bridgehead atoms. The molecule has 0 spiro atoms. The molecule has 0 aliphatic carbocycles. The highest BCUT2D eigenvalue weighted by molar-refractivity contribution is 9.10. The van der Waals surface area contributed by atoms with Gasteiger partial charge in [-0.15, -0.1) is 0 Å². The number of anilines is 1.